The third-order valence-corrected chi connectivity index (χ3v) is 3.59. The number of aliphatic hydroxyl groups excluding tert-OH is 1. The molecule has 0 aliphatic carbocycles. The van der Waals surface area contributed by atoms with E-state index in [-0.39, 0.29) is 18.4 Å². The van der Waals surface area contributed by atoms with Crippen molar-refractivity contribution in [3.8, 4) is 0 Å². The summed E-state index contributed by atoms with van der Waals surface area (Å²) in [4.78, 5) is 14.1. The van der Waals surface area contributed by atoms with E-state index in [1.807, 2.05) is 36.9 Å². The monoisotopic (exact) mass is 233 g/mol. The van der Waals surface area contributed by atoms with Crippen LogP contribution < -0.4 is 0 Å². The van der Waals surface area contributed by atoms with E-state index < -0.39 is 0 Å². The second kappa shape index (κ2) is 4.88. The molecule has 0 spiro atoms. The lowest BCUT2D eigenvalue weighted by atomic mass is 10.1. The van der Waals surface area contributed by atoms with Gasteiger partial charge in [-0.15, -0.1) is 0 Å². The molecule has 1 aromatic rings. The van der Waals surface area contributed by atoms with Crippen molar-refractivity contribution in [1.82, 2.24) is 4.90 Å². The van der Waals surface area contributed by atoms with E-state index in [9.17, 15) is 4.79 Å². The largest absolute Gasteiger partial charge is 0.396 e. The zero-order valence-electron chi connectivity index (χ0n) is 10.4. The summed E-state index contributed by atoms with van der Waals surface area (Å²) in [5.74, 6) is 0.342. The van der Waals surface area contributed by atoms with Crippen molar-refractivity contribution < 1.29 is 9.90 Å². The molecule has 1 aliphatic heterocycles. The highest BCUT2D eigenvalue weighted by molar-refractivity contribution is 5.94. The molecule has 1 amide bonds. The normalized spacial score (nSPS) is 19.7. The van der Waals surface area contributed by atoms with Gasteiger partial charge in [-0.05, 0) is 43.5 Å². The van der Waals surface area contributed by atoms with Gasteiger partial charge in [-0.1, -0.05) is 6.07 Å². The molecule has 1 heterocycles. The van der Waals surface area contributed by atoms with Gasteiger partial charge in [-0.2, -0.15) is 0 Å². The van der Waals surface area contributed by atoms with Crippen LogP contribution in [0.15, 0.2) is 18.2 Å². The van der Waals surface area contributed by atoms with Gasteiger partial charge in [0.15, 0.2) is 0 Å². The Hall–Kier alpha value is -1.35. The van der Waals surface area contributed by atoms with Crippen molar-refractivity contribution in [3.05, 3.63) is 34.9 Å². The Bertz CT molecular complexity index is 428. The predicted octanol–water partition coefficient (Wildman–Crippen LogP) is 1.76. The number of aryl methyl sites for hydroxylation is 2. The molecule has 1 unspecified atom stereocenters. The highest BCUT2D eigenvalue weighted by Gasteiger charge is 2.26. The first-order chi connectivity index (χ1) is 8.11. The highest BCUT2D eigenvalue weighted by Crippen LogP contribution is 2.19. The Morgan fingerprint density at radius 3 is 2.76 bits per heavy atom. The molecule has 0 bridgehead atoms. The summed E-state index contributed by atoms with van der Waals surface area (Å²) in [6.07, 6.45) is 0.910. The highest BCUT2D eigenvalue weighted by atomic mass is 16.3. The smallest absolute Gasteiger partial charge is 0.253 e. The van der Waals surface area contributed by atoms with E-state index in [1.165, 1.54) is 5.56 Å². The van der Waals surface area contributed by atoms with E-state index in [2.05, 4.69) is 0 Å². The van der Waals surface area contributed by atoms with Gasteiger partial charge < -0.3 is 10.0 Å². The molecule has 0 aromatic heterocycles. The fourth-order valence-corrected chi connectivity index (χ4v) is 2.22. The molecule has 1 aliphatic rings. The standard InChI is InChI=1S/C14H19NO2/c1-10-3-4-13(7-11(10)2)14(17)15-6-5-12(8-15)9-16/h3-4,7,12,16H,5-6,8-9H2,1-2H3. The van der Waals surface area contributed by atoms with Crippen LogP contribution in [0.2, 0.25) is 0 Å². The van der Waals surface area contributed by atoms with Crippen LogP contribution in [-0.4, -0.2) is 35.6 Å². The number of benzene rings is 1. The zero-order chi connectivity index (χ0) is 12.4. The molecular formula is C14H19NO2. The van der Waals surface area contributed by atoms with E-state index in [4.69, 9.17) is 5.11 Å². The second-order valence-electron chi connectivity index (χ2n) is 4.89. The SMILES string of the molecule is Cc1ccc(C(=O)N2CCC(CO)C2)cc1C. The maximum Gasteiger partial charge on any atom is 0.253 e. The van der Waals surface area contributed by atoms with Gasteiger partial charge in [0.1, 0.15) is 0 Å². The van der Waals surface area contributed by atoms with Crippen LogP contribution in [-0.2, 0) is 0 Å². The average Bonchev–Trinajstić information content (AvgIpc) is 2.80. The Morgan fingerprint density at radius 2 is 2.18 bits per heavy atom. The topological polar surface area (TPSA) is 40.5 Å². The Kier molecular flexibility index (Phi) is 3.48. The molecule has 3 nitrogen and oxygen atoms in total. The van der Waals surface area contributed by atoms with Crippen molar-refractivity contribution in [3.63, 3.8) is 0 Å². The van der Waals surface area contributed by atoms with Crippen LogP contribution in [0.25, 0.3) is 0 Å². The molecule has 1 N–H and O–H groups in total. The number of likely N-dealkylation sites (tertiary alicyclic amines) is 1. The third kappa shape index (κ3) is 2.50. The summed E-state index contributed by atoms with van der Waals surface area (Å²) in [6, 6.07) is 5.82. The van der Waals surface area contributed by atoms with Crippen molar-refractivity contribution in [2.75, 3.05) is 19.7 Å². The van der Waals surface area contributed by atoms with Gasteiger partial charge >= 0.3 is 0 Å². The van der Waals surface area contributed by atoms with E-state index in [0.29, 0.717) is 6.54 Å². The van der Waals surface area contributed by atoms with Crippen LogP contribution >= 0.6 is 0 Å². The summed E-state index contributed by atoms with van der Waals surface area (Å²) in [6.45, 7) is 5.68. The molecule has 1 fully saturated rings. The van der Waals surface area contributed by atoms with Gasteiger partial charge in [-0.3, -0.25) is 4.79 Å². The molecule has 1 aromatic carbocycles. The molecular weight excluding hydrogens is 214 g/mol. The lowest BCUT2D eigenvalue weighted by Crippen LogP contribution is -2.29. The third-order valence-electron chi connectivity index (χ3n) is 3.59. The number of hydrogen-bond acceptors (Lipinski definition) is 2. The lowest BCUT2D eigenvalue weighted by Gasteiger charge is -2.16. The Labute approximate surface area is 102 Å². The molecule has 0 saturated carbocycles. The van der Waals surface area contributed by atoms with Crippen LogP contribution in [0.3, 0.4) is 0 Å². The van der Waals surface area contributed by atoms with Crippen molar-refractivity contribution in [2.24, 2.45) is 5.92 Å². The zero-order valence-corrected chi connectivity index (χ0v) is 10.4. The Morgan fingerprint density at radius 1 is 1.41 bits per heavy atom. The molecule has 17 heavy (non-hydrogen) atoms. The average molecular weight is 233 g/mol. The first-order valence-electron chi connectivity index (χ1n) is 6.09. The maximum atomic E-state index is 12.2. The van der Waals surface area contributed by atoms with Crippen LogP contribution in [0, 0.1) is 19.8 Å². The molecule has 3 heteroatoms. The number of rotatable bonds is 2. The molecule has 0 radical (unpaired) electrons. The van der Waals surface area contributed by atoms with Crippen molar-refractivity contribution in [2.45, 2.75) is 20.3 Å². The first-order valence-corrected chi connectivity index (χ1v) is 6.09. The van der Waals surface area contributed by atoms with Crippen molar-refractivity contribution in [1.29, 1.82) is 0 Å². The fraction of sp³-hybridized carbons (Fsp3) is 0.500. The van der Waals surface area contributed by atoms with E-state index in [1.54, 1.807) is 0 Å². The van der Waals surface area contributed by atoms with Gasteiger partial charge in [-0.25, -0.2) is 0 Å². The summed E-state index contributed by atoms with van der Waals surface area (Å²) in [7, 11) is 0. The van der Waals surface area contributed by atoms with Gasteiger partial charge in [0.05, 0.1) is 0 Å². The first kappa shape index (κ1) is 12.1. The number of hydrogen-bond donors (Lipinski definition) is 1. The molecule has 1 atom stereocenters. The summed E-state index contributed by atoms with van der Waals surface area (Å²) < 4.78 is 0. The van der Waals surface area contributed by atoms with Crippen LogP contribution in [0.1, 0.15) is 27.9 Å². The lowest BCUT2D eigenvalue weighted by molar-refractivity contribution is 0.0782. The van der Waals surface area contributed by atoms with Gasteiger partial charge in [0.25, 0.3) is 5.91 Å². The number of carbonyl (C=O) groups is 1. The number of carbonyl (C=O) groups excluding carboxylic acids is 1. The summed E-state index contributed by atoms with van der Waals surface area (Å²) in [5.41, 5.74) is 3.11. The summed E-state index contributed by atoms with van der Waals surface area (Å²) >= 11 is 0. The quantitative estimate of drug-likeness (QED) is 0.845. The van der Waals surface area contributed by atoms with Gasteiger partial charge in [0, 0.05) is 31.2 Å². The number of aliphatic hydroxyl groups is 1. The molecule has 92 valence electrons. The number of nitrogens with zero attached hydrogens (tertiary/aromatic N) is 1. The van der Waals surface area contributed by atoms with Crippen LogP contribution in [0.4, 0.5) is 0 Å². The van der Waals surface area contributed by atoms with Crippen LogP contribution in [0.5, 0.6) is 0 Å². The van der Waals surface area contributed by atoms with Crippen molar-refractivity contribution >= 4 is 5.91 Å². The maximum absolute atomic E-state index is 12.2. The second-order valence-corrected chi connectivity index (χ2v) is 4.89. The predicted molar refractivity (Wildman–Crippen MR) is 67.0 cm³/mol. The van der Waals surface area contributed by atoms with E-state index >= 15 is 0 Å². The number of amides is 1. The minimum atomic E-state index is 0.0871. The minimum absolute atomic E-state index is 0.0871. The van der Waals surface area contributed by atoms with E-state index in [0.717, 1.165) is 24.1 Å². The van der Waals surface area contributed by atoms with Gasteiger partial charge in [0.2, 0.25) is 0 Å². The summed E-state index contributed by atoms with van der Waals surface area (Å²) in [5, 5.41) is 9.08. The molecule has 2 rings (SSSR count). The minimum Gasteiger partial charge on any atom is -0.396 e. The molecule has 1 saturated heterocycles. The fourth-order valence-electron chi connectivity index (χ4n) is 2.22. The Balaban J connectivity index is 2.12.